The molecule has 2 N–H and O–H groups in total. The van der Waals surface area contributed by atoms with E-state index in [0.717, 1.165) is 29.9 Å². The molecule has 0 saturated carbocycles. The number of halogens is 3. The highest BCUT2D eigenvalue weighted by molar-refractivity contribution is 5.86. The lowest BCUT2D eigenvalue weighted by atomic mass is 9.88. The van der Waals surface area contributed by atoms with Gasteiger partial charge in [0.2, 0.25) is 5.91 Å². The van der Waals surface area contributed by atoms with Crippen molar-refractivity contribution in [3.05, 3.63) is 47.2 Å². The minimum absolute atomic E-state index is 0. The van der Waals surface area contributed by atoms with Crippen molar-refractivity contribution in [2.75, 3.05) is 38.2 Å². The highest BCUT2D eigenvalue weighted by atomic mass is 35.5. The predicted molar refractivity (Wildman–Crippen MR) is 149 cm³/mol. The number of aliphatic hydroxyl groups excluding tert-OH is 1. The number of methoxy groups -OCH3 is 1. The van der Waals surface area contributed by atoms with Crippen molar-refractivity contribution < 1.29 is 19.0 Å². The summed E-state index contributed by atoms with van der Waals surface area (Å²) in [5.41, 5.74) is 2.05. The fourth-order valence-corrected chi connectivity index (χ4v) is 6.11. The molecule has 2 fully saturated rings. The number of ether oxygens (including phenoxy) is 1. The van der Waals surface area contributed by atoms with Gasteiger partial charge in [-0.1, -0.05) is 13.0 Å². The van der Waals surface area contributed by atoms with E-state index < -0.39 is 17.8 Å². The number of fused-ring (bicyclic) bond motifs is 1. The summed E-state index contributed by atoms with van der Waals surface area (Å²) in [7, 11) is 1.51. The first-order chi connectivity index (χ1) is 17.2. The SMILES string of the molecule is COc1ccc([C@H](C(=O)N2CCN(c3ncnc4c3[C@H](C)C[C@H]4O)CC2)[C@@H]2CCC(C)(C)N2)c(F)c1.Cl.Cl. The first-order valence-electron chi connectivity index (χ1n) is 12.9. The second kappa shape index (κ2) is 11.9. The van der Waals surface area contributed by atoms with Crippen LogP contribution in [0.2, 0.25) is 0 Å². The summed E-state index contributed by atoms with van der Waals surface area (Å²) in [6.07, 6.45) is 3.35. The molecule has 2 aromatic rings. The van der Waals surface area contributed by atoms with Gasteiger partial charge in [0.05, 0.1) is 24.8 Å². The third-order valence-electron chi connectivity index (χ3n) is 8.04. The number of hydrogen-bond donors (Lipinski definition) is 2. The van der Waals surface area contributed by atoms with E-state index in [0.29, 0.717) is 43.9 Å². The standard InChI is InChI=1S/C27H36FN5O3.2ClH/c1-16-13-21(34)24-22(16)25(30-15-29-24)32-9-11-33(12-10-32)26(35)23(20-7-8-27(2,3)31-20)18-6-5-17(36-4)14-19(18)28;;/h5-6,14-16,20-21,23,31,34H,7-13H2,1-4H3;2*1H/t16-,20+,21-,23+;;/m1../s1. The Morgan fingerprint density at radius 1 is 1.21 bits per heavy atom. The van der Waals surface area contributed by atoms with Gasteiger partial charge in [0.25, 0.3) is 0 Å². The summed E-state index contributed by atoms with van der Waals surface area (Å²) in [5, 5.41) is 13.9. The molecule has 1 aromatic carbocycles. The maximum atomic E-state index is 15.2. The molecule has 11 heteroatoms. The van der Waals surface area contributed by atoms with Gasteiger partial charge in [-0.25, -0.2) is 14.4 Å². The van der Waals surface area contributed by atoms with Gasteiger partial charge in [0.1, 0.15) is 23.7 Å². The molecule has 0 unspecified atom stereocenters. The quantitative estimate of drug-likeness (QED) is 0.563. The van der Waals surface area contributed by atoms with Gasteiger partial charge < -0.3 is 25.0 Å². The van der Waals surface area contributed by atoms with Crippen molar-refractivity contribution in [2.45, 2.75) is 69.6 Å². The van der Waals surface area contributed by atoms with Crippen LogP contribution < -0.4 is 15.0 Å². The minimum atomic E-state index is -0.609. The number of benzene rings is 1. The van der Waals surface area contributed by atoms with Crippen LogP contribution in [0.1, 0.15) is 74.8 Å². The van der Waals surface area contributed by atoms with E-state index in [4.69, 9.17) is 4.74 Å². The number of amides is 1. The van der Waals surface area contributed by atoms with E-state index in [-0.39, 0.29) is 48.2 Å². The molecule has 3 heterocycles. The summed E-state index contributed by atoms with van der Waals surface area (Å²) >= 11 is 0. The Kier molecular flexibility index (Phi) is 9.50. The van der Waals surface area contributed by atoms with Crippen LogP contribution in [0, 0.1) is 5.82 Å². The zero-order chi connectivity index (χ0) is 25.6. The predicted octanol–water partition coefficient (Wildman–Crippen LogP) is 3.97. The Morgan fingerprint density at radius 2 is 1.92 bits per heavy atom. The van der Waals surface area contributed by atoms with Gasteiger partial charge in [0, 0.05) is 55.0 Å². The molecule has 210 valence electrons. The van der Waals surface area contributed by atoms with Crippen LogP contribution in [0.5, 0.6) is 5.75 Å². The van der Waals surface area contributed by atoms with Crippen molar-refractivity contribution in [1.82, 2.24) is 20.2 Å². The Morgan fingerprint density at radius 3 is 2.53 bits per heavy atom. The fourth-order valence-electron chi connectivity index (χ4n) is 6.11. The van der Waals surface area contributed by atoms with Crippen LogP contribution in [-0.4, -0.2) is 70.8 Å². The summed E-state index contributed by atoms with van der Waals surface area (Å²) in [6.45, 7) is 8.63. The summed E-state index contributed by atoms with van der Waals surface area (Å²) < 4.78 is 20.4. The van der Waals surface area contributed by atoms with Gasteiger partial charge in [-0.05, 0) is 45.1 Å². The van der Waals surface area contributed by atoms with Crippen molar-refractivity contribution in [3.63, 3.8) is 0 Å². The summed E-state index contributed by atoms with van der Waals surface area (Å²) in [4.78, 5) is 26.8. The number of hydrogen-bond acceptors (Lipinski definition) is 7. The first-order valence-corrected chi connectivity index (χ1v) is 12.9. The molecular formula is C27H38Cl2FN5O3. The summed E-state index contributed by atoms with van der Waals surface area (Å²) in [5.74, 6) is 0.404. The van der Waals surface area contributed by atoms with E-state index in [1.807, 2.05) is 4.90 Å². The van der Waals surface area contributed by atoms with Crippen LogP contribution in [0.15, 0.2) is 24.5 Å². The molecule has 5 rings (SSSR count). The Bertz CT molecular complexity index is 1150. The first kappa shape index (κ1) is 30.3. The Hall–Kier alpha value is -2.20. The molecule has 1 amide bonds. The minimum Gasteiger partial charge on any atom is -0.497 e. The van der Waals surface area contributed by atoms with Gasteiger partial charge in [-0.3, -0.25) is 4.79 Å². The van der Waals surface area contributed by atoms with E-state index in [9.17, 15) is 9.90 Å². The third kappa shape index (κ3) is 5.71. The number of nitrogens with one attached hydrogen (secondary N) is 1. The number of nitrogens with zero attached hydrogens (tertiary/aromatic N) is 4. The number of carbonyl (C=O) groups is 1. The molecule has 0 spiro atoms. The lowest BCUT2D eigenvalue weighted by molar-refractivity contribution is -0.133. The lowest BCUT2D eigenvalue weighted by Gasteiger charge is -2.39. The normalized spacial score (nSPS) is 24.7. The van der Waals surface area contributed by atoms with Gasteiger partial charge in [-0.15, -0.1) is 24.8 Å². The smallest absolute Gasteiger partial charge is 0.231 e. The topological polar surface area (TPSA) is 90.8 Å². The van der Waals surface area contributed by atoms with Gasteiger partial charge in [-0.2, -0.15) is 0 Å². The van der Waals surface area contributed by atoms with Crippen LogP contribution in [0.25, 0.3) is 0 Å². The van der Waals surface area contributed by atoms with E-state index in [1.54, 1.807) is 12.1 Å². The number of carbonyl (C=O) groups excluding carboxylic acids is 1. The molecule has 2 aliphatic heterocycles. The van der Waals surface area contributed by atoms with E-state index >= 15 is 4.39 Å². The molecule has 8 nitrogen and oxygen atoms in total. The zero-order valence-electron chi connectivity index (χ0n) is 22.3. The molecule has 0 radical (unpaired) electrons. The summed E-state index contributed by atoms with van der Waals surface area (Å²) in [6, 6.07) is 4.64. The van der Waals surface area contributed by atoms with E-state index in [2.05, 4.69) is 41.0 Å². The third-order valence-corrected chi connectivity index (χ3v) is 8.04. The zero-order valence-corrected chi connectivity index (χ0v) is 23.9. The number of aliphatic hydroxyl groups is 1. The molecule has 3 aliphatic rings. The molecular weight excluding hydrogens is 532 g/mol. The van der Waals surface area contributed by atoms with Crippen LogP contribution in [0.4, 0.5) is 10.2 Å². The second-order valence-corrected chi connectivity index (χ2v) is 11.0. The Labute approximate surface area is 236 Å². The van der Waals surface area contributed by atoms with Crippen LogP contribution in [0.3, 0.4) is 0 Å². The molecule has 4 atom stereocenters. The maximum Gasteiger partial charge on any atom is 0.231 e. The number of rotatable bonds is 5. The van der Waals surface area contributed by atoms with Crippen molar-refractivity contribution in [2.24, 2.45) is 0 Å². The molecule has 1 aliphatic carbocycles. The highest BCUT2D eigenvalue weighted by Gasteiger charge is 2.42. The van der Waals surface area contributed by atoms with Gasteiger partial charge >= 0.3 is 0 Å². The molecule has 2 saturated heterocycles. The average Bonchev–Trinajstić information content (AvgIpc) is 3.37. The second-order valence-electron chi connectivity index (χ2n) is 11.0. The van der Waals surface area contributed by atoms with Crippen molar-refractivity contribution in [1.29, 1.82) is 0 Å². The van der Waals surface area contributed by atoms with Crippen molar-refractivity contribution in [3.8, 4) is 5.75 Å². The lowest BCUT2D eigenvalue weighted by Crippen LogP contribution is -2.53. The van der Waals surface area contributed by atoms with Crippen LogP contribution >= 0.6 is 24.8 Å². The monoisotopic (exact) mass is 569 g/mol. The largest absolute Gasteiger partial charge is 0.497 e. The maximum absolute atomic E-state index is 15.2. The van der Waals surface area contributed by atoms with Crippen LogP contribution in [-0.2, 0) is 4.79 Å². The molecule has 1 aromatic heterocycles. The fraction of sp³-hybridized carbons (Fsp3) is 0.593. The highest BCUT2D eigenvalue weighted by Crippen LogP contribution is 2.43. The van der Waals surface area contributed by atoms with Crippen molar-refractivity contribution >= 4 is 36.5 Å². The average molecular weight is 571 g/mol. The number of aromatic nitrogens is 2. The van der Waals surface area contributed by atoms with E-state index in [1.165, 1.54) is 19.5 Å². The van der Waals surface area contributed by atoms with Gasteiger partial charge in [0.15, 0.2) is 0 Å². The molecule has 38 heavy (non-hydrogen) atoms. The molecule has 0 bridgehead atoms. The number of anilines is 1. The Balaban J connectivity index is 0.00000200. The number of piperazine rings is 1.